The summed E-state index contributed by atoms with van der Waals surface area (Å²) in [7, 11) is 0. The minimum atomic E-state index is -0.658. The van der Waals surface area contributed by atoms with Gasteiger partial charge in [0.2, 0.25) is 0 Å². The standard InChI is InChI=1S/C19H17FN4O3/c1-19(2,3)27-18(26)22-12-5-4-8-24-16(12)14-15(23-24)11-7-6-10(20)9-13(11)21-17(14)25/h4-9H,1-3H3,(H,21,25)(H,22,26). The highest BCUT2D eigenvalue weighted by Crippen LogP contribution is 2.28. The number of nitrogens with zero attached hydrogens (tertiary/aromatic N) is 2. The number of H-pyrrole nitrogens is 1. The molecule has 0 aliphatic heterocycles. The van der Waals surface area contributed by atoms with Gasteiger partial charge >= 0.3 is 6.09 Å². The molecular formula is C19H17FN4O3. The number of rotatable bonds is 1. The van der Waals surface area contributed by atoms with Crippen LogP contribution in [-0.4, -0.2) is 26.3 Å². The Balaban J connectivity index is 1.96. The van der Waals surface area contributed by atoms with Crippen molar-refractivity contribution < 1.29 is 13.9 Å². The molecule has 1 aromatic carbocycles. The van der Waals surface area contributed by atoms with Crippen molar-refractivity contribution in [3.8, 4) is 0 Å². The summed E-state index contributed by atoms with van der Waals surface area (Å²) in [5.41, 5.74) is 0.531. The Morgan fingerprint density at radius 3 is 2.81 bits per heavy atom. The van der Waals surface area contributed by atoms with Gasteiger partial charge in [-0.1, -0.05) is 0 Å². The van der Waals surface area contributed by atoms with Crippen LogP contribution in [0.3, 0.4) is 0 Å². The van der Waals surface area contributed by atoms with Crippen molar-refractivity contribution in [2.45, 2.75) is 26.4 Å². The van der Waals surface area contributed by atoms with E-state index >= 15 is 0 Å². The molecule has 7 nitrogen and oxygen atoms in total. The second-order valence-electron chi connectivity index (χ2n) is 7.21. The molecule has 1 amide bonds. The second-order valence-corrected chi connectivity index (χ2v) is 7.21. The third-order valence-electron chi connectivity index (χ3n) is 4.00. The number of benzene rings is 1. The van der Waals surface area contributed by atoms with Gasteiger partial charge in [-0.25, -0.2) is 13.7 Å². The van der Waals surface area contributed by atoms with Crippen LogP contribution in [0.5, 0.6) is 0 Å². The van der Waals surface area contributed by atoms with Crippen molar-refractivity contribution in [3.05, 3.63) is 52.7 Å². The summed E-state index contributed by atoms with van der Waals surface area (Å²) in [5, 5.41) is 8.04. The number of halogens is 1. The zero-order valence-corrected chi connectivity index (χ0v) is 15.0. The number of amides is 1. The van der Waals surface area contributed by atoms with Gasteiger partial charge in [-0.05, 0) is 51.1 Å². The average Bonchev–Trinajstić information content (AvgIpc) is 2.94. The topological polar surface area (TPSA) is 88.5 Å². The third-order valence-corrected chi connectivity index (χ3v) is 4.00. The molecule has 0 spiro atoms. The van der Waals surface area contributed by atoms with Gasteiger partial charge in [-0.2, -0.15) is 5.10 Å². The van der Waals surface area contributed by atoms with Crippen LogP contribution in [0.1, 0.15) is 20.8 Å². The number of fused-ring (bicyclic) bond motifs is 5. The number of carbonyl (C=O) groups excluding carboxylic acids is 1. The molecule has 4 aromatic rings. The lowest BCUT2D eigenvalue weighted by Gasteiger charge is -2.19. The first-order valence-corrected chi connectivity index (χ1v) is 8.35. The minimum absolute atomic E-state index is 0.306. The van der Waals surface area contributed by atoms with Gasteiger partial charge in [0, 0.05) is 11.6 Å². The Morgan fingerprint density at radius 1 is 1.30 bits per heavy atom. The van der Waals surface area contributed by atoms with Crippen LogP contribution in [0.4, 0.5) is 14.9 Å². The predicted octanol–water partition coefficient (Wildman–Crippen LogP) is 3.82. The highest BCUT2D eigenvalue weighted by molar-refractivity contribution is 6.12. The molecule has 0 aliphatic carbocycles. The summed E-state index contributed by atoms with van der Waals surface area (Å²) in [5.74, 6) is -0.450. The van der Waals surface area contributed by atoms with Crippen molar-refractivity contribution in [1.82, 2.24) is 14.6 Å². The number of nitrogens with one attached hydrogen (secondary N) is 2. The quantitative estimate of drug-likeness (QED) is 0.535. The van der Waals surface area contributed by atoms with Gasteiger partial charge in [0.15, 0.2) is 0 Å². The summed E-state index contributed by atoms with van der Waals surface area (Å²) in [4.78, 5) is 27.5. The van der Waals surface area contributed by atoms with Gasteiger partial charge in [-0.15, -0.1) is 0 Å². The zero-order valence-electron chi connectivity index (χ0n) is 15.0. The Kier molecular flexibility index (Phi) is 3.66. The van der Waals surface area contributed by atoms with Crippen LogP contribution in [0.2, 0.25) is 0 Å². The number of aromatic nitrogens is 3. The minimum Gasteiger partial charge on any atom is -0.444 e. The fourth-order valence-electron chi connectivity index (χ4n) is 3.03. The third kappa shape index (κ3) is 2.99. The normalized spacial score (nSPS) is 12.0. The largest absolute Gasteiger partial charge is 0.444 e. The van der Waals surface area contributed by atoms with E-state index in [-0.39, 0.29) is 0 Å². The molecule has 138 valence electrons. The molecule has 0 radical (unpaired) electrons. The Hall–Kier alpha value is -3.42. The SMILES string of the molecule is CC(C)(C)OC(=O)Nc1cccn2nc3c4ccc(F)cc4[nH]c(=O)c3c12. The lowest BCUT2D eigenvalue weighted by atomic mass is 10.1. The van der Waals surface area contributed by atoms with Gasteiger partial charge in [0.25, 0.3) is 5.56 Å². The Bertz CT molecular complexity index is 1270. The van der Waals surface area contributed by atoms with Crippen LogP contribution < -0.4 is 10.9 Å². The fourth-order valence-corrected chi connectivity index (χ4v) is 3.03. The van der Waals surface area contributed by atoms with E-state index in [9.17, 15) is 14.0 Å². The molecule has 0 unspecified atom stereocenters. The molecule has 27 heavy (non-hydrogen) atoms. The zero-order chi connectivity index (χ0) is 19.3. The maximum atomic E-state index is 13.5. The van der Waals surface area contributed by atoms with Crippen LogP contribution in [0.25, 0.3) is 27.3 Å². The lowest BCUT2D eigenvalue weighted by Crippen LogP contribution is -2.27. The van der Waals surface area contributed by atoms with Crippen molar-refractivity contribution in [2.75, 3.05) is 5.32 Å². The summed E-state index contributed by atoms with van der Waals surface area (Å²) in [6.45, 7) is 5.28. The highest BCUT2D eigenvalue weighted by atomic mass is 19.1. The number of hydrogen-bond donors (Lipinski definition) is 2. The fraction of sp³-hybridized carbons (Fsp3) is 0.211. The van der Waals surface area contributed by atoms with Crippen molar-refractivity contribution in [2.24, 2.45) is 0 Å². The maximum absolute atomic E-state index is 13.5. The van der Waals surface area contributed by atoms with E-state index in [0.29, 0.717) is 33.0 Å². The average molecular weight is 368 g/mol. The molecule has 3 heterocycles. The van der Waals surface area contributed by atoms with E-state index in [2.05, 4.69) is 15.4 Å². The molecule has 3 aromatic heterocycles. The smallest absolute Gasteiger partial charge is 0.412 e. The maximum Gasteiger partial charge on any atom is 0.412 e. The first kappa shape index (κ1) is 17.0. The highest BCUT2D eigenvalue weighted by Gasteiger charge is 2.20. The van der Waals surface area contributed by atoms with E-state index < -0.39 is 23.1 Å². The Morgan fingerprint density at radius 2 is 2.07 bits per heavy atom. The summed E-state index contributed by atoms with van der Waals surface area (Å²) >= 11 is 0. The molecule has 0 atom stereocenters. The molecule has 0 saturated heterocycles. The van der Waals surface area contributed by atoms with E-state index in [0.717, 1.165) is 0 Å². The van der Waals surface area contributed by atoms with E-state index in [1.54, 1.807) is 45.2 Å². The van der Waals surface area contributed by atoms with Gasteiger partial charge < -0.3 is 9.72 Å². The van der Waals surface area contributed by atoms with Gasteiger partial charge in [-0.3, -0.25) is 10.1 Å². The number of ether oxygens (including phenoxy) is 1. The number of anilines is 1. The number of hydrogen-bond acceptors (Lipinski definition) is 4. The number of carbonyl (C=O) groups is 1. The lowest BCUT2D eigenvalue weighted by molar-refractivity contribution is 0.0636. The summed E-state index contributed by atoms with van der Waals surface area (Å²) in [6, 6.07) is 7.48. The van der Waals surface area contributed by atoms with Gasteiger partial charge in [0.1, 0.15) is 22.5 Å². The van der Waals surface area contributed by atoms with Gasteiger partial charge in [0.05, 0.1) is 16.6 Å². The van der Waals surface area contributed by atoms with E-state index in [1.165, 1.54) is 16.6 Å². The van der Waals surface area contributed by atoms with Crippen molar-refractivity contribution in [3.63, 3.8) is 0 Å². The van der Waals surface area contributed by atoms with Crippen LogP contribution in [0.15, 0.2) is 41.3 Å². The van der Waals surface area contributed by atoms with Crippen LogP contribution >= 0.6 is 0 Å². The molecule has 0 aliphatic rings. The van der Waals surface area contributed by atoms with Crippen molar-refractivity contribution in [1.29, 1.82) is 0 Å². The molecule has 4 rings (SSSR count). The summed E-state index contributed by atoms with van der Waals surface area (Å²) < 4.78 is 20.3. The molecule has 8 heteroatoms. The van der Waals surface area contributed by atoms with Crippen LogP contribution in [0, 0.1) is 5.82 Å². The Labute approximate surface area is 152 Å². The van der Waals surface area contributed by atoms with Crippen molar-refractivity contribution >= 4 is 39.1 Å². The molecule has 0 bridgehead atoms. The number of aromatic amines is 1. The first-order chi connectivity index (χ1) is 12.7. The second kappa shape index (κ2) is 5.80. The summed E-state index contributed by atoms with van der Waals surface area (Å²) in [6.07, 6.45) is 1.04. The van der Waals surface area contributed by atoms with E-state index in [4.69, 9.17) is 4.74 Å². The monoisotopic (exact) mass is 368 g/mol. The predicted molar refractivity (Wildman–Crippen MR) is 101 cm³/mol. The van der Waals surface area contributed by atoms with Crippen LogP contribution in [-0.2, 0) is 4.74 Å². The molecular weight excluding hydrogens is 351 g/mol. The van der Waals surface area contributed by atoms with E-state index in [1.807, 2.05) is 0 Å². The molecule has 0 saturated carbocycles. The molecule has 0 fully saturated rings. The first-order valence-electron chi connectivity index (χ1n) is 8.35. The number of pyridine rings is 2. The molecule has 2 N–H and O–H groups in total.